The number of aldehydes is 1. The number of carbonyl (C=O) groups excluding carboxylic acids is 1. The Morgan fingerprint density at radius 1 is 1.11 bits per heavy atom. The van der Waals surface area contributed by atoms with Crippen molar-refractivity contribution >= 4 is 37.4 Å². The summed E-state index contributed by atoms with van der Waals surface area (Å²) in [5.41, 5.74) is 3.54. The van der Waals surface area contributed by atoms with E-state index in [0.29, 0.717) is 12.3 Å². The number of hydrogen-bond acceptors (Lipinski definition) is 4. The first-order valence-corrected chi connectivity index (χ1v) is 12.8. The molecule has 3 rings (SSSR count). The number of rotatable bonds is 8. The lowest BCUT2D eigenvalue weighted by Gasteiger charge is -2.15. The molecule has 2 heterocycles. The predicted molar refractivity (Wildman–Crippen MR) is 112 cm³/mol. The van der Waals surface area contributed by atoms with E-state index < -0.39 is 8.07 Å². The van der Waals surface area contributed by atoms with Crippen molar-refractivity contribution in [1.82, 2.24) is 14.8 Å². The highest BCUT2D eigenvalue weighted by atomic mass is 28.3. The molecule has 5 nitrogen and oxygen atoms in total. The molecule has 0 N–H and O–H groups in total. The first-order chi connectivity index (χ1) is 13.0. The average Bonchev–Trinajstić information content (AvgIpc) is 3.06. The van der Waals surface area contributed by atoms with Gasteiger partial charge in [0.2, 0.25) is 0 Å². The lowest BCUT2D eigenvalue weighted by Crippen LogP contribution is -2.22. The van der Waals surface area contributed by atoms with Gasteiger partial charge in [-0.3, -0.25) is 9.78 Å². The van der Waals surface area contributed by atoms with Crippen LogP contribution >= 0.6 is 0 Å². The molecule has 0 bridgehead atoms. The number of carbonyl (C=O) groups is 1. The van der Waals surface area contributed by atoms with Crippen LogP contribution < -0.4 is 0 Å². The minimum Gasteiger partial charge on any atom is -0.360 e. The van der Waals surface area contributed by atoms with Gasteiger partial charge in [-0.15, -0.1) is 0 Å². The van der Waals surface area contributed by atoms with E-state index in [4.69, 9.17) is 4.74 Å². The van der Waals surface area contributed by atoms with Gasteiger partial charge in [0.05, 0.1) is 11.7 Å². The van der Waals surface area contributed by atoms with E-state index in [9.17, 15) is 4.79 Å². The molecule has 0 aliphatic heterocycles. The Morgan fingerprint density at radius 2 is 1.89 bits per heavy atom. The zero-order chi connectivity index (χ0) is 19.3. The van der Waals surface area contributed by atoms with Crippen molar-refractivity contribution in [2.45, 2.75) is 32.4 Å². The van der Waals surface area contributed by atoms with Crippen LogP contribution in [0.3, 0.4) is 0 Å². The summed E-state index contributed by atoms with van der Waals surface area (Å²) in [5.74, 6) is 0. The summed E-state index contributed by atoms with van der Waals surface area (Å²) in [6.07, 6.45) is 10.2. The zero-order valence-electron chi connectivity index (χ0n) is 16.1. The lowest BCUT2D eigenvalue weighted by atomic mass is 10.1. The van der Waals surface area contributed by atoms with E-state index in [0.717, 1.165) is 41.0 Å². The molecule has 140 valence electrons. The number of ether oxygens (including phenoxy) is 1. The highest BCUT2D eigenvalue weighted by Gasteiger charge is 2.13. The van der Waals surface area contributed by atoms with Crippen molar-refractivity contribution in [3.63, 3.8) is 0 Å². The molecule has 0 aliphatic carbocycles. The number of aromatic nitrogens is 3. The largest absolute Gasteiger partial charge is 0.360 e. The smallest absolute Gasteiger partial charge is 0.150 e. The van der Waals surface area contributed by atoms with Crippen molar-refractivity contribution in [3.05, 3.63) is 59.5 Å². The third-order valence-electron chi connectivity index (χ3n) is 4.32. The Morgan fingerprint density at radius 3 is 2.59 bits per heavy atom. The molecular weight excluding hydrogens is 354 g/mol. The molecule has 0 aliphatic rings. The zero-order valence-corrected chi connectivity index (χ0v) is 17.1. The molecule has 0 amide bonds. The van der Waals surface area contributed by atoms with Gasteiger partial charge >= 0.3 is 0 Å². The fourth-order valence-electron chi connectivity index (χ4n) is 2.73. The number of fused-ring (bicyclic) bond motifs is 1. The van der Waals surface area contributed by atoms with Gasteiger partial charge in [0.1, 0.15) is 13.0 Å². The van der Waals surface area contributed by atoms with Crippen molar-refractivity contribution in [3.8, 4) is 0 Å². The quantitative estimate of drug-likeness (QED) is 0.323. The van der Waals surface area contributed by atoms with E-state index in [1.807, 2.05) is 47.3 Å². The van der Waals surface area contributed by atoms with Crippen LogP contribution in [0.25, 0.3) is 23.1 Å². The van der Waals surface area contributed by atoms with Gasteiger partial charge in [0.15, 0.2) is 0 Å². The van der Waals surface area contributed by atoms with Gasteiger partial charge in [0.25, 0.3) is 0 Å². The molecule has 27 heavy (non-hydrogen) atoms. The molecular formula is C21H25N3O2Si. The van der Waals surface area contributed by atoms with Crippen LogP contribution in [0.15, 0.2) is 42.9 Å². The van der Waals surface area contributed by atoms with Gasteiger partial charge in [-0.1, -0.05) is 31.8 Å². The van der Waals surface area contributed by atoms with E-state index in [1.165, 1.54) is 0 Å². The highest BCUT2D eigenvalue weighted by Crippen LogP contribution is 2.23. The van der Waals surface area contributed by atoms with Crippen molar-refractivity contribution < 1.29 is 9.53 Å². The molecule has 2 aromatic heterocycles. The lowest BCUT2D eigenvalue weighted by molar-refractivity contribution is 0.0817. The summed E-state index contributed by atoms with van der Waals surface area (Å²) in [4.78, 5) is 15.4. The molecule has 0 saturated heterocycles. The average molecular weight is 380 g/mol. The van der Waals surface area contributed by atoms with Crippen LogP contribution in [0.1, 0.15) is 21.5 Å². The minimum absolute atomic E-state index is 0.393. The summed E-state index contributed by atoms with van der Waals surface area (Å²) in [7, 11) is -1.11. The standard InChI is InChI=1S/C21H25N3O2Si/c1-27(2,3)11-10-26-16-24-21-13-18(15-25)12-19(20(21)14-23-24)5-4-17-6-8-22-9-7-17/h4-9,12-15H,10-11,16H2,1-3H3. The fraction of sp³-hybridized carbons (Fsp3) is 0.286. The normalized spacial score (nSPS) is 12.1. The van der Waals surface area contributed by atoms with E-state index in [-0.39, 0.29) is 0 Å². The molecule has 6 heteroatoms. The number of benzene rings is 1. The monoisotopic (exact) mass is 379 g/mol. The highest BCUT2D eigenvalue weighted by molar-refractivity contribution is 6.76. The van der Waals surface area contributed by atoms with Crippen LogP contribution in [-0.4, -0.2) is 35.7 Å². The SMILES string of the molecule is C[Si](C)(C)CCOCn1ncc2c(C=Cc3ccncc3)cc(C=O)cc21. The molecule has 3 aromatic rings. The second-order valence-electron chi connectivity index (χ2n) is 7.77. The van der Waals surface area contributed by atoms with Crippen LogP contribution in [0.2, 0.25) is 25.7 Å². The first-order valence-electron chi connectivity index (χ1n) is 9.07. The van der Waals surface area contributed by atoms with E-state index >= 15 is 0 Å². The molecule has 1 aromatic carbocycles. The molecule has 0 fully saturated rings. The second kappa shape index (κ2) is 8.41. The van der Waals surface area contributed by atoms with Crippen molar-refractivity contribution in [1.29, 1.82) is 0 Å². The summed E-state index contributed by atoms with van der Waals surface area (Å²) in [6, 6.07) is 8.73. The van der Waals surface area contributed by atoms with Gasteiger partial charge in [-0.05, 0) is 41.4 Å². The molecule has 0 atom stereocenters. The summed E-state index contributed by atoms with van der Waals surface area (Å²) >= 11 is 0. The molecule has 0 saturated carbocycles. The molecule has 0 radical (unpaired) electrons. The van der Waals surface area contributed by atoms with Crippen LogP contribution in [-0.2, 0) is 11.5 Å². The number of pyridine rings is 1. The number of nitrogens with zero attached hydrogens (tertiary/aromatic N) is 3. The second-order valence-corrected chi connectivity index (χ2v) is 13.4. The Bertz CT molecular complexity index is 943. The Kier molecular flexibility index (Phi) is 5.98. The predicted octanol–water partition coefficient (Wildman–Crippen LogP) is 4.73. The Hall–Kier alpha value is -2.57. The van der Waals surface area contributed by atoms with E-state index in [1.54, 1.807) is 12.4 Å². The maximum atomic E-state index is 11.4. The maximum Gasteiger partial charge on any atom is 0.150 e. The topological polar surface area (TPSA) is 57.0 Å². The maximum absolute atomic E-state index is 11.4. The van der Waals surface area contributed by atoms with Gasteiger partial charge in [-0.25, -0.2) is 4.68 Å². The van der Waals surface area contributed by atoms with Crippen molar-refractivity contribution in [2.75, 3.05) is 6.61 Å². The third-order valence-corrected chi connectivity index (χ3v) is 6.03. The van der Waals surface area contributed by atoms with Gasteiger partial charge in [-0.2, -0.15) is 5.10 Å². The fourth-order valence-corrected chi connectivity index (χ4v) is 3.48. The third kappa shape index (κ3) is 5.21. The van der Waals surface area contributed by atoms with Gasteiger partial charge < -0.3 is 4.74 Å². The molecule has 0 spiro atoms. The number of hydrogen-bond donors (Lipinski definition) is 0. The van der Waals surface area contributed by atoms with Gasteiger partial charge in [0, 0.05) is 38.0 Å². The first kappa shape index (κ1) is 19.2. The molecule has 0 unspecified atom stereocenters. The minimum atomic E-state index is -1.11. The Labute approximate surface area is 160 Å². The van der Waals surface area contributed by atoms with Crippen LogP contribution in [0, 0.1) is 0 Å². The van der Waals surface area contributed by atoms with E-state index in [2.05, 4.69) is 29.7 Å². The summed E-state index contributed by atoms with van der Waals surface area (Å²) in [5, 5.41) is 5.46. The van der Waals surface area contributed by atoms with Crippen LogP contribution in [0.5, 0.6) is 0 Å². The Balaban J connectivity index is 1.84. The summed E-state index contributed by atoms with van der Waals surface area (Å²) < 4.78 is 7.64. The van der Waals surface area contributed by atoms with Crippen molar-refractivity contribution in [2.24, 2.45) is 0 Å². The summed E-state index contributed by atoms with van der Waals surface area (Å²) in [6.45, 7) is 8.12. The van der Waals surface area contributed by atoms with Crippen LogP contribution in [0.4, 0.5) is 0 Å².